The van der Waals surface area contributed by atoms with Crippen LogP contribution >= 0.6 is 15.9 Å². The molecule has 0 fully saturated rings. The lowest BCUT2D eigenvalue weighted by molar-refractivity contribution is 0.422. The number of rotatable bonds is 6. The molecule has 2 rings (SSSR count). The van der Waals surface area contributed by atoms with Crippen LogP contribution in [-0.2, 0) is 6.42 Å². The first-order chi connectivity index (χ1) is 9.63. The number of halogens is 1. The van der Waals surface area contributed by atoms with Crippen LogP contribution < -0.4 is 5.32 Å². The summed E-state index contributed by atoms with van der Waals surface area (Å²) in [5.41, 5.74) is 2.49. The zero-order valence-electron chi connectivity index (χ0n) is 12.4. The molecule has 20 heavy (non-hydrogen) atoms. The van der Waals surface area contributed by atoms with Crippen molar-refractivity contribution in [1.29, 1.82) is 0 Å². The lowest BCUT2D eigenvalue weighted by Crippen LogP contribution is -2.22. The summed E-state index contributed by atoms with van der Waals surface area (Å²) in [6.45, 7) is 7.37. The molecule has 2 nitrogen and oxygen atoms in total. The zero-order valence-corrected chi connectivity index (χ0v) is 14.0. The van der Waals surface area contributed by atoms with Crippen LogP contribution in [0.3, 0.4) is 0 Å². The summed E-state index contributed by atoms with van der Waals surface area (Å²) in [6, 6.07) is 10.8. The predicted octanol–water partition coefficient (Wildman–Crippen LogP) is 5.00. The highest BCUT2D eigenvalue weighted by Crippen LogP contribution is 2.27. The van der Waals surface area contributed by atoms with E-state index in [2.05, 4.69) is 72.3 Å². The van der Waals surface area contributed by atoms with Crippen LogP contribution in [0.25, 0.3) is 0 Å². The van der Waals surface area contributed by atoms with Crippen molar-refractivity contribution in [2.75, 3.05) is 6.54 Å². The fourth-order valence-corrected chi connectivity index (χ4v) is 2.97. The van der Waals surface area contributed by atoms with Gasteiger partial charge in [0.1, 0.15) is 11.5 Å². The number of hydrogen-bond donors (Lipinski definition) is 1. The highest BCUT2D eigenvalue weighted by Gasteiger charge is 2.17. The molecule has 1 unspecified atom stereocenters. The second-order valence-corrected chi connectivity index (χ2v) is 6.02. The molecular weight excluding hydrogens is 314 g/mol. The highest BCUT2D eigenvalue weighted by molar-refractivity contribution is 9.10. The number of furan rings is 1. The van der Waals surface area contributed by atoms with Gasteiger partial charge in [-0.1, -0.05) is 35.8 Å². The minimum absolute atomic E-state index is 0.117. The molecule has 1 N–H and O–H groups in total. The van der Waals surface area contributed by atoms with Gasteiger partial charge in [0.2, 0.25) is 0 Å². The first-order valence-electron chi connectivity index (χ1n) is 7.23. The van der Waals surface area contributed by atoms with E-state index in [1.165, 1.54) is 11.1 Å². The fraction of sp³-hybridized carbons (Fsp3) is 0.412. The number of aryl methyl sites for hydroxylation is 2. The van der Waals surface area contributed by atoms with Crippen molar-refractivity contribution in [3.8, 4) is 0 Å². The van der Waals surface area contributed by atoms with E-state index >= 15 is 0 Å². The van der Waals surface area contributed by atoms with Crippen LogP contribution in [0.2, 0.25) is 0 Å². The van der Waals surface area contributed by atoms with E-state index in [9.17, 15) is 0 Å². The normalized spacial score (nSPS) is 12.6. The second kappa shape index (κ2) is 7.09. The Balaban J connectivity index is 2.35. The average Bonchev–Trinajstić information content (AvgIpc) is 2.87. The van der Waals surface area contributed by atoms with Gasteiger partial charge < -0.3 is 9.73 Å². The molecule has 0 saturated carbocycles. The monoisotopic (exact) mass is 335 g/mol. The Hall–Kier alpha value is -1.06. The third kappa shape index (κ3) is 3.74. The molecule has 0 amide bonds. The van der Waals surface area contributed by atoms with Gasteiger partial charge in [0, 0.05) is 10.9 Å². The molecule has 1 atom stereocenters. The maximum Gasteiger partial charge on any atom is 0.125 e. The molecule has 3 heteroatoms. The SMILES string of the molecule is CCCNC(c1cc(C)cc(Br)c1)c1ccc(CC)o1. The molecule has 0 saturated heterocycles. The van der Waals surface area contributed by atoms with E-state index in [1.54, 1.807) is 0 Å². The van der Waals surface area contributed by atoms with Crippen LogP contribution in [0.1, 0.15) is 49.0 Å². The van der Waals surface area contributed by atoms with Gasteiger partial charge in [-0.2, -0.15) is 0 Å². The molecule has 108 valence electrons. The van der Waals surface area contributed by atoms with Crippen molar-refractivity contribution in [3.63, 3.8) is 0 Å². The maximum atomic E-state index is 5.95. The molecule has 0 aliphatic rings. The predicted molar refractivity (Wildman–Crippen MR) is 87.1 cm³/mol. The Morgan fingerprint density at radius 3 is 2.60 bits per heavy atom. The largest absolute Gasteiger partial charge is 0.464 e. The summed E-state index contributed by atoms with van der Waals surface area (Å²) in [5.74, 6) is 2.03. The van der Waals surface area contributed by atoms with E-state index in [1.807, 2.05) is 0 Å². The first-order valence-corrected chi connectivity index (χ1v) is 8.02. The van der Waals surface area contributed by atoms with Crippen molar-refractivity contribution >= 4 is 15.9 Å². The minimum Gasteiger partial charge on any atom is -0.464 e. The molecule has 0 aliphatic heterocycles. The molecule has 0 radical (unpaired) electrons. The van der Waals surface area contributed by atoms with Crippen LogP contribution in [0, 0.1) is 6.92 Å². The molecule has 0 aliphatic carbocycles. The number of hydrogen-bond acceptors (Lipinski definition) is 2. The quantitative estimate of drug-likeness (QED) is 0.803. The van der Waals surface area contributed by atoms with Crippen molar-refractivity contribution in [1.82, 2.24) is 5.32 Å². The number of benzene rings is 1. The standard InChI is InChI=1S/C17H22BrNO/c1-4-8-19-17(16-7-6-15(5-2)20-16)13-9-12(3)10-14(18)11-13/h6-7,9-11,17,19H,4-5,8H2,1-3H3. The molecule has 1 heterocycles. The molecule has 0 spiro atoms. The van der Waals surface area contributed by atoms with Crippen LogP contribution in [0.15, 0.2) is 39.2 Å². The summed E-state index contributed by atoms with van der Waals surface area (Å²) in [5, 5.41) is 3.58. The lowest BCUT2D eigenvalue weighted by atomic mass is 10.0. The molecule has 0 bridgehead atoms. The van der Waals surface area contributed by atoms with Crippen molar-refractivity contribution in [2.45, 2.75) is 39.7 Å². The van der Waals surface area contributed by atoms with E-state index in [0.29, 0.717) is 0 Å². The minimum atomic E-state index is 0.117. The van der Waals surface area contributed by atoms with E-state index < -0.39 is 0 Å². The van der Waals surface area contributed by atoms with E-state index in [4.69, 9.17) is 4.42 Å². The Kier molecular flexibility index (Phi) is 5.44. The average molecular weight is 336 g/mol. The third-order valence-electron chi connectivity index (χ3n) is 3.31. The Morgan fingerprint density at radius 2 is 2.00 bits per heavy atom. The van der Waals surface area contributed by atoms with Crippen LogP contribution in [0.4, 0.5) is 0 Å². The summed E-state index contributed by atoms with van der Waals surface area (Å²) < 4.78 is 7.06. The maximum absolute atomic E-state index is 5.95. The van der Waals surface area contributed by atoms with Gasteiger partial charge >= 0.3 is 0 Å². The van der Waals surface area contributed by atoms with Gasteiger partial charge in [0.15, 0.2) is 0 Å². The highest BCUT2D eigenvalue weighted by atomic mass is 79.9. The topological polar surface area (TPSA) is 25.2 Å². The Bertz CT molecular complexity index is 542. The first kappa shape index (κ1) is 15.3. The van der Waals surface area contributed by atoms with Gasteiger partial charge in [-0.3, -0.25) is 0 Å². The lowest BCUT2D eigenvalue weighted by Gasteiger charge is -2.18. The molecule has 1 aromatic heterocycles. The van der Waals surface area contributed by atoms with Gasteiger partial charge in [0.05, 0.1) is 6.04 Å². The summed E-state index contributed by atoms with van der Waals surface area (Å²) in [4.78, 5) is 0. The van der Waals surface area contributed by atoms with Gasteiger partial charge in [-0.05, 0) is 55.3 Å². The van der Waals surface area contributed by atoms with Crippen LogP contribution in [0.5, 0.6) is 0 Å². The van der Waals surface area contributed by atoms with Gasteiger partial charge in [-0.15, -0.1) is 0 Å². The van der Waals surface area contributed by atoms with E-state index in [0.717, 1.165) is 35.4 Å². The van der Waals surface area contributed by atoms with Gasteiger partial charge in [0.25, 0.3) is 0 Å². The third-order valence-corrected chi connectivity index (χ3v) is 3.77. The second-order valence-electron chi connectivity index (χ2n) is 5.11. The summed E-state index contributed by atoms with van der Waals surface area (Å²) in [7, 11) is 0. The van der Waals surface area contributed by atoms with Crippen LogP contribution in [-0.4, -0.2) is 6.54 Å². The Morgan fingerprint density at radius 1 is 1.20 bits per heavy atom. The molecular formula is C17H22BrNO. The molecule has 2 aromatic rings. The number of nitrogens with one attached hydrogen (secondary N) is 1. The summed E-state index contributed by atoms with van der Waals surface area (Å²) in [6.07, 6.45) is 2.03. The fourth-order valence-electron chi connectivity index (χ4n) is 2.34. The van der Waals surface area contributed by atoms with Crippen molar-refractivity contribution in [3.05, 3.63) is 57.5 Å². The smallest absolute Gasteiger partial charge is 0.125 e. The van der Waals surface area contributed by atoms with Crippen molar-refractivity contribution < 1.29 is 4.42 Å². The van der Waals surface area contributed by atoms with Crippen molar-refractivity contribution in [2.24, 2.45) is 0 Å². The van der Waals surface area contributed by atoms with E-state index in [-0.39, 0.29) is 6.04 Å². The molecule has 1 aromatic carbocycles. The zero-order chi connectivity index (χ0) is 14.5. The summed E-state index contributed by atoms with van der Waals surface area (Å²) >= 11 is 3.58. The van der Waals surface area contributed by atoms with Gasteiger partial charge in [-0.25, -0.2) is 0 Å². The Labute approximate surface area is 129 Å².